The van der Waals surface area contributed by atoms with E-state index >= 15 is 0 Å². The monoisotopic (exact) mass is 255 g/mol. The van der Waals surface area contributed by atoms with Gasteiger partial charge in [0.05, 0.1) is 0 Å². The van der Waals surface area contributed by atoms with Crippen LogP contribution in [0.5, 0.6) is 0 Å². The molecule has 1 aromatic heterocycles. The lowest BCUT2D eigenvalue weighted by molar-refractivity contribution is -0.137. The molecule has 0 saturated carbocycles. The van der Waals surface area contributed by atoms with Gasteiger partial charge in [0.15, 0.2) is 0 Å². The van der Waals surface area contributed by atoms with Gasteiger partial charge in [-0.05, 0) is 37.4 Å². The number of carbonyl (C=O) groups is 1. The SMILES string of the molecule is CC(C)C(c1cccs1)N(C)CCCC(=O)O. The van der Waals surface area contributed by atoms with Crippen LogP contribution < -0.4 is 0 Å². The molecule has 0 saturated heterocycles. The molecule has 1 rings (SSSR count). The predicted octanol–water partition coefficient (Wildman–Crippen LogP) is 3.24. The van der Waals surface area contributed by atoms with Gasteiger partial charge < -0.3 is 5.11 Å². The summed E-state index contributed by atoms with van der Waals surface area (Å²) in [5.41, 5.74) is 0. The molecule has 1 atom stereocenters. The van der Waals surface area contributed by atoms with Crippen LogP contribution in [0, 0.1) is 5.92 Å². The van der Waals surface area contributed by atoms with E-state index in [1.165, 1.54) is 4.88 Å². The second-order valence-corrected chi connectivity index (χ2v) is 5.66. The third-order valence-corrected chi connectivity index (χ3v) is 3.79. The quantitative estimate of drug-likeness (QED) is 0.813. The highest BCUT2D eigenvalue weighted by Gasteiger charge is 2.21. The molecular weight excluding hydrogens is 234 g/mol. The van der Waals surface area contributed by atoms with E-state index in [4.69, 9.17) is 5.11 Å². The molecule has 4 heteroatoms. The summed E-state index contributed by atoms with van der Waals surface area (Å²) < 4.78 is 0. The van der Waals surface area contributed by atoms with Gasteiger partial charge >= 0.3 is 5.97 Å². The molecular formula is C13H21NO2S. The molecule has 0 radical (unpaired) electrons. The Kier molecular flexibility index (Phi) is 5.65. The van der Waals surface area contributed by atoms with Crippen LogP contribution in [-0.4, -0.2) is 29.6 Å². The molecule has 0 fully saturated rings. The number of hydrogen-bond donors (Lipinski definition) is 1. The van der Waals surface area contributed by atoms with Crippen LogP contribution in [0.25, 0.3) is 0 Å². The number of nitrogens with zero attached hydrogens (tertiary/aromatic N) is 1. The normalized spacial score (nSPS) is 13.2. The Morgan fingerprint density at radius 2 is 2.24 bits per heavy atom. The van der Waals surface area contributed by atoms with Crippen molar-refractivity contribution < 1.29 is 9.90 Å². The first-order valence-corrected chi connectivity index (χ1v) is 6.85. The maximum absolute atomic E-state index is 10.5. The lowest BCUT2D eigenvalue weighted by Crippen LogP contribution is -2.29. The van der Waals surface area contributed by atoms with Crippen molar-refractivity contribution in [1.29, 1.82) is 0 Å². The summed E-state index contributed by atoms with van der Waals surface area (Å²) in [6.07, 6.45) is 0.958. The number of aliphatic carboxylic acids is 1. The maximum Gasteiger partial charge on any atom is 0.303 e. The Balaban J connectivity index is 2.56. The third-order valence-electron chi connectivity index (χ3n) is 2.84. The largest absolute Gasteiger partial charge is 0.481 e. The Labute approximate surface area is 107 Å². The first kappa shape index (κ1) is 14.2. The van der Waals surface area contributed by atoms with E-state index in [0.717, 1.165) is 6.54 Å². The van der Waals surface area contributed by atoms with E-state index in [9.17, 15) is 4.79 Å². The molecule has 0 aromatic carbocycles. The molecule has 17 heavy (non-hydrogen) atoms. The van der Waals surface area contributed by atoms with Crippen LogP contribution in [0.4, 0.5) is 0 Å². The molecule has 0 aliphatic heterocycles. The van der Waals surface area contributed by atoms with Crippen LogP contribution in [0.3, 0.4) is 0 Å². The van der Waals surface area contributed by atoms with Gasteiger partial charge in [-0.3, -0.25) is 9.69 Å². The van der Waals surface area contributed by atoms with Crippen molar-refractivity contribution in [3.63, 3.8) is 0 Å². The maximum atomic E-state index is 10.5. The van der Waals surface area contributed by atoms with Gasteiger partial charge in [-0.25, -0.2) is 0 Å². The van der Waals surface area contributed by atoms with Crippen molar-refractivity contribution in [2.75, 3.05) is 13.6 Å². The molecule has 1 heterocycles. The summed E-state index contributed by atoms with van der Waals surface area (Å²) in [5.74, 6) is -0.181. The minimum Gasteiger partial charge on any atom is -0.481 e. The summed E-state index contributed by atoms with van der Waals surface area (Å²) in [6, 6.07) is 4.62. The van der Waals surface area contributed by atoms with Crippen molar-refractivity contribution in [2.45, 2.75) is 32.7 Å². The number of hydrogen-bond acceptors (Lipinski definition) is 3. The topological polar surface area (TPSA) is 40.5 Å². The number of carboxylic acids is 1. The van der Waals surface area contributed by atoms with Crippen LogP contribution in [0.15, 0.2) is 17.5 Å². The van der Waals surface area contributed by atoms with Gasteiger partial charge in [0, 0.05) is 17.3 Å². The molecule has 0 spiro atoms. The second kappa shape index (κ2) is 6.77. The molecule has 1 N–H and O–H groups in total. The van der Waals surface area contributed by atoms with Crippen molar-refractivity contribution in [1.82, 2.24) is 4.90 Å². The third kappa shape index (κ3) is 4.48. The van der Waals surface area contributed by atoms with Crippen molar-refractivity contribution in [3.05, 3.63) is 22.4 Å². The van der Waals surface area contributed by atoms with Crippen molar-refractivity contribution >= 4 is 17.3 Å². The van der Waals surface area contributed by atoms with E-state index in [1.54, 1.807) is 11.3 Å². The minimum absolute atomic E-state index is 0.250. The smallest absolute Gasteiger partial charge is 0.303 e. The van der Waals surface area contributed by atoms with E-state index < -0.39 is 5.97 Å². The van der Waals surface area contributed by atoms with E-state index in [2.05, 4.69) is 43.3 Å². The van der Waals surface area contributed by atoms with Crippen LogP contribution in [-0.2, 0) is 4.79 Å². The lowest BCUT2D eigenvalue weighted by atomic mass is 10.0. The first-order valence-electron chi connectivity index (χ1n) is 5.97. The van der Waals surface area contributed by atoms with E-state index in [0.29, 0.717) is 18.4 Å². The van der Waals surface area contributed by atoms with Crippen LogP contribution in [0.1, 0.15) is 37.6 Å². The zero-order valence-electron chi connectivity index (χ0n) is 10.7. The second-order valence-electron chi connectivity index (χ2n) is 4.68. The predicted molar refractivity (Wildman–Crippen MR) is 71.4 cm³/mol. The fourth-order valence-corrected chi connectivity index (χ4v) is 3.20. The summed E-state index contributed by atoms with van der Waals surface area (Å²) in [6.45, 7) is 5.24. The average molecular weight is 255 g/mol. The first-order chi connectivity index (χ1) is 8.02. The van der Waals surface area contributed by atoms with Gasteiger partial charge in [-0.15, -0.1) is 11.3 Å². The fraction of sp³-hybridized carbons (Fsp3) is 0.615. The van der Waals surface area contributed by atoms with Crippen LogP contribution >= 0.6 is 11.3 Å². The van der Waals surface area contributed by atoms with Gasteiger partial charge in [-0.2, -0.15) is 0 Å². The summed E-state index contributed by atoms with van der Waals surface area (Å²) in [5, 5.41) is 10.7. The van der Waals surface area contributed by atoms with Gasteiger partial charge in [0.1, 0.15) is 0 Å². The number of thiophene rings is 1. The summed E-state index contributed by atoms with van der Waals surface area (Å²) >= 11 is 1.77. The van der Waals surface area contributed by atoms with Crippen molar-refractivity contribution in [3.8, 4) is 0 Å². The summed E-state index contributed by atoms with van der Waals surface area (Å²) in [4.78, 5) is 14.1. The molecule has 0 amide bonds. The molecule has 0 bridgehead atoms. The van der Waals surface area contributed by atoms with Gasteiger partial charge in [0.2, 0.25) is 0 Å². The van der Waals surface area contributed by atoms with Gasteiger partial charge in [0.25, 0.3) is 0 Å². The van der Waals surface area contributed by atoms with E-state index in [1.807, 2.05) is 0 Å². The molecule has 1 unspecified atom stereocenters. The highest BCUT2D eigenvalue weighted by Crippen LogP contribution is 2.30. The molecule has 3 nitrogen and oxygen atoms in total. The van der Waals surface area contributed by atoms with Crippen LogP contribution in [0.2, 0.25) is 0 Å². The van der Waals surface area contributed by atoms with Gasteiger partial charge in [-0.1, -0.05) is 19.9 Å². The summed E-state index contributed by atoms with van der Waals surface area (Å²) in [7, 11) is 2.08. The Morgan fingerprint density at radius 1 is 1.53 bits per heavy atom. The minimum atomic E-state index is -0.712. The Morgan fingerprint density at radius 3 is 2.71 bits per heavy atom. The molecule has 0 aliphatic rings. The fourth-order valence-electron chi connectivity index (χ4n) is 2.13. The average Bonchev–Trinajstić information content (AvgIpc) is 2.69. The van der Waals surface area contributed by atoms with E-state index in [-0.39, 0.29) is 6.42 Å². The Hall–Kier alpha value is -0.870. The highest BCUT2D eigenvalue weighted by molar-refractivity contribution is 7.10. The zero-order chi connectivity index (χ0) is 12.8. The number of rotatable bonds is 7. The lowest BCUT2D eigenvalue weighted by Gasteiger charge is -2.30. The Bertz CT molecular complexity index is 335. The standard InChI is InChI=1S/C13H21NO2S/c1-10(2)13(11-6-5-9-17-11)14(3)8-4-7-12(15)16/h5-6,9-10,13H,4,7-8H2,1-3H3,(H,15,16). The highest BCUT2D eigenvalue weighted by atomic mass is 32.1. The van der Waals surface area contributed by atoms with Crippen molar-refractivity contribution in [2.24, 2.45) is 5.92 Å². The zero-order valence-corrected chi connectivity index (χ0v) is 11.5. The number of carboxylic acid groups (broad SMARTS) is 1. The molecule has 96 valence electrons. The molecule has 0 aliphatic carbocycles. The molecule has 1 aromatic rings.